The van der Waals surface area contributed by atoms with E-state index in [0.29, 0.717) is 24.2 Å². The second-order valence-electron chi connectivity index (χ2n) is 4.77. The number of carbonyl (C=O) groups excluding carboxylic acids is 1. The Morgan fingerprint density at radius 1 is 1.61 bits per heavy atom. The maximum Gasteiger partial charge on any atom is 0.272 e. The van der Waals surface area contributed by atoms with E-state index in [9.17, 15) is 4.79 Å². The zero-order valence-electron chi connectivity index (χ0n) is 11.0. The van der Waals surface area contributed by atoms with Crippen LogP contribution in [0.25, 0.3) is 0 Å². The molecule has 1 heterocycles. The third kappa shape index (κ3) is 2.53. The Morgan fingerprint density at radius 2 is 2.33 bits per heavy atom. The van der Waals surface area contributed by atoms with Gasteiger partial charge in [-0.25, -0.2) is 0 Å². The van der Waals surface area contributed by atoms with Gasteiger partial charge in [0, 0.05) is 25.5 Å². The van der Waals surface area contributed by atoms with Crippen LogP contribution in [0.15, 0.2) is 6.07 Å². The summed E-state index contributed by atoms with van der Waals surface area (Å²) in [6, 6.07) is 2.26. The summed E-state index contributed by atoms with van der Waals surface area (Å²) in [5.74, 6) is 0.552. The lowest BCUT2D eigenvalue weighted by molar-refractivity contribution is 0.0586. The number of halogens is 1. The second-order valence-corrected chi connectivity index (χ2v) is 5.15. The predicted octanol–water partition coefficient (Wildman–Crippen LogP) is 2.22. The van der Waals surface area contributed by atoms with Crippen LogP contribution in [-0.4, -0.2) is 39.1 Å². The van der Waals surface area contributed by atoms with Gasteiger partial charge in [0.15, 0.2) is 0 Å². The van der Waals surface area contributed by atoms with Gasteiger partial charge in [-0.2, -0.15) is 5.10 Å². The zero-order chi connectivity index (χ0) is 13.1. The van der Waals surface area contributed by atoms with Crippen molar-refractivity contribution in [1.29, 1.82) is 0 Å². The molecule has 0 spiro atoms. The summed E-state index contributed by atoms with van der Waals surface area (Å²) in [7, 11) is 1.83. The summed E-state index contributed by atoms with van der Waals surface area (Å²) < 4.78 is 1.68. The molecule has 0 bridgehead atoms. The van der Waals surface area contributed by atoms with E-state index in [-0.39, 0.29) is 5.91 Å². The Labute approximate surface area is 113 Å². The highest BCUT2D eigenvalue weighted by Gasteiger charge is 2.30. The summed E-state index contributed by atoms with van der Waals surface area (Å²) in [5.41, 5.74) is 1.63. The van der Waals surface area contributed by atoms with Gasteiger partial charge < -0.3 is 4.90 Å². The first kappa shape index (κ1) is 13.4. The lowest BCUT2D eigenvalue weighted by Gasteiger charge is -2.37. The number of hydrogen-bond acceptors (Lipinski definition) is 2. The molecule has 0 unspecified atom stereocenters. The Kier molecular flexibility index (Phi) is 4.27. The van der Waals surface area contributed by atoms with E-state index in [1.165, 1.54) is 6.42 Å². The SMILES string of the molecule is CCc1cc(C(=O)N(CCCl)C2CCC2)n(C)n1. The van der Waals surface area contributed by atoms with Crippen LogP contribution < -0.4 is 0 Å². The Morgan fingerprint density at radius 3 is 2.78 bits per heavy atom. The molecule has 0 aliphatic heterocycles. The number of carbonyl (C=O) groups is 1. The average molecular weight is 270 g/mol. The van der Waals surface area contributed by atoms with Gasteiger partial charge in [-0.15, -0.1) is 11.6 Å². The zero-order valence-corrected chi connectivity index (χ0v) is 11.8. The molecule has 4 nitrogen and oxygen atoms in total. The standard InChI is InChI=1S/C13H20ClN3O/c1-3-10-9-12(16(2)15-10)13(18)17(8-7-14)11-5-4-6-11/h9,11H,3-8H2,1-2H3. The molecule has 1 aliphatic carbocycles. The van der Waals surface area contributed by atoms with Crippen molar-refractivity contribution in [2.45, 2.75) is 38.6 Å². The fourth-order valence-corrected chi connectivity index (χ4v) is 2.47. The van der Waals surface area contributed by atoms with Gasteiger partial charge in [-0.05, 0) is 31.7 Å². The molecular formula is C13H20ClN3O. The minimum atomic E-state index is 0.0649. The van der Waals surface area contributed by atoms with Gasteiger partial charge >= 0.3 is 0 Å². The predicted molar refractivity (Wildman–Crippen MR) is 72.0 cm³/mol. The van der Waals surface area contributed by atoms with Gasteiger partial charge in [-0.1, -0.05) is 6.92 Å². The number of hydrogen-bond donors (Lipinski definition) is 0. The van der Waals surface area contributed by atoms with Crippen molar-refractivity contribution in [3.8, 4) is 0 Å². The van der Waals surface area contributed by atoms with Crippen molar-refractivity contribution in [3.63, 3.8) is 0 Å². The van der Waals surface area contributed by atoms with Crippen LogP contribution in [0.5, 0.6) is 0 Å². The summed E-state index contributed by atoms with van der Waals surface area (Å²) in [6.45, 7) is 2.66. The third-order valence-corrected chi connectivity index (χ3v) is 3.78. The van der Waals surface area contributed by atoms with Crippen LogP contribution >= 0.6 is 11.6 Å². The molecule has 1 aliphatic rings. The monoisotopic (exact) mass is 269 g/mol. The van der Waals surface area contributed by atoms with E-state index < -0.39 is 0 Å². The van der Waals surface area contributed by atoms with E-state index in [4.69, 9.17) is 11.6 Å². The highest BCUT2D eigenvalue weighted by molar-refractivity contribution is 6.18. The number of aromatic nitrogens is 2. The first-order valence-corrected chi connectivity index (χ1v) is 7.10. The number of alkyl halides is 1. The van der Waals surface area contributed by atoms with Crippen LogP contribution in [0.4, 0.5) is 0 Å². The molecule has 0 radical (unpaired) electrons. The molecular weight excluding hydrogens is 250 g/mol. The van der Waals surface area contributed by atoms with E-state index in [1.807, 2.05) is 24.9 Å². The van der Waals surface area contributed by atoms with E-state index in [0.717, 1.165) is 25.0 Å². The topological polar surface area (TPSA) is 38.1 Å². The van der Waals surface area contributed by atoms with E-state index in [2.05, 4.69) is 5.10 Å². The summed E-state index contributed by atoms with van der Waals surface area (Å²) in [6.07, 6.45) is 4.25. The maximum atomic E-state index is 12.5. The van der Waals surface area contributed by atoms with Gasteiger partial charge in [0.05, 0.1) is 5.69 Å². The second kappa shape index (κ2) is 5.74. The Hall–Kier alpha value is -1.03. The van der Waals surface area contributed by atoms with Crippen LogP contribution in [0.2, 0.25) is 0 Å². The van der Waals surface area contributed by atoms with Crippen molar-refractivity contribution in [2.75, 3.05) is 12.4 Å². The number of amides is 1. The van der Waals surface area contributed by atoms with E-state index >= 15 is 0 Å². The molecule has 1 fully saturated rings. The number of aryl methyl sites for hydroxylation is 2. The van der Waals surface area contributed by atoms with Crippen molar-refractivity contribution in [2.24, 2.45) is 7.05 Å². The van der Waals surface area contributed by atoms with Gasteiger partial charge in [0.1, 0.15) is 5.69 Å². The summed E-state index contributed by atoms with van der Waals surface area (Å²) in [5, 5.41) is 4.33. The van der Waals surface area contributed by atoms with Crippen molar-refractivity contribution >= 4 is 17.5 Å². The van der Waals surface area contributed by atoms with Crippen LogP contribution in [-0.2, 0) is 13.5 Å². The molecule has 1 aromatic rings. The Balaban J connectivity index is 2.18. The van der Waals surface area contributed by atoms with Crippen molar-refractivity contribution < 1.29 is 4.79 Å². The fourth-order valence-electron chi connectivity index (χ4n) is 2.29. The maximum absolute atomic E-state index is 12.5. The number of nitrogens with zero attached hydrogens (tertiary/aromatic N) is 3. The molecule has 18 heavy (non-hydrogen) atoms. The normalized spacial score (nSPS) is 15.5. The summed E-state index contributed by atoms with van der Waals surface area (Å²) >= 11 is 5.81. The largest absolute Gasteiger partial charge is 0.333 e. The molecule has 1 saturated carbocycles. The van der Waals surface area contributed by atoms with Crippen molar-refractivity contribution in [1.82, 2.24) is 14.7 Å². The van der Waals surface area contributed by atoms with Gasteiger partial charge in [-0.3, -0.25) is 9.48 Å². The van der Waals surface area contributed by atoms with Gasteiger partial charge in [0.25, 0.3) is 5.91 Å². The minimum absolute atomic E-state index is 0.0649. The van der Waals surface area contributed by atoms with Gasteiger partial charge in [0.2, 0.25) is 0 Å². The fraction of sp³-hybridized carbons (Fsp3) is 0.692. The molecule has 0 aromatic carbocycles. The van der Waals surface area contributed by atoms with Crippen LogP contribution in [0.3, 0.4) is 0 Å². The lowest BCUT2D eigenvalue weighted by Crippen LogP contribution is -2.45. The van der Waals surface area contributed by atoms with E-state index in [1.54, 1.807) is 4.68 Å². The molecule has 0 saturated heterocycles. The average Bonchev–Trinajstić information content (AvgIpc) is 2.67. The number of rotatable bonds is 5. The first-order valence-electron chi connectivity index (χ1n) is 6.57. The molecule has 0 atom stereocenters. The highest BCUT2D eigenvalue weighted by atomic mass is 35.5. The molecule has 1 amide bonds. The van der Waals surface area contributed by atoms with Crippen LogP contribution in [0, 0.1) is 0 Å². The smallest absolute Gasteiger partial charge is 0.272 e. The lowest BCUT2D eigenvalue weighted by atomic mass is 9.91. The van der Waals surface area contributed by atoms with Crippen LogP contribution in [0.1, 0.15) is 42.4 Å². The quantitative estimate of drug-likeness (QED) is 0.769. The molecule has 1 aromatic heterocycles. The Bertz CT molecular complexity index is 426. The minimum Gasteiger partial charge on any atom is -0.333 e. The molecule has 100 valence electrons. The first-order chi connectivity index (χ1) is 8.67. The molecule has 2 rings (SSSR count). The molecule has 0 N–H and O–H groups in total. The molecule has 5 heteroatoms. The van der Waals surface area contributed by atoms with Crippen molar-refractivity contribution in [3.05, 3.63) is 17.5 Å². The third-order valence-electron chi connectivity index (χ3n) is 3.61. The summed E-state index contributed by atoms with van der Waals surface area (Å²) in [4.78, 5) is 14.4. The highest BCUT2D eigenvalue weighted by Crippen LogP contribution is 2.26.